The summed E-state index contributed by atoms with van der Waals surface area (Å²) in [6.45, 7) is 0.240. The SMILES string of the molecule is OCCC1(Cl)CCCCC1. The molecule has 0 spiro atoms. The minimum atomic E-state index is -0.0486. The Balaban J connectivity index is 2.32. The van der Waals surface area contributed by atoms with Gasteiger partial charge in [0.1, 0.15) is 0 Å². The molecule has 1 aliphatic carbocycles. The highest BCUT2D eigenvalue weighted by Gasteiger charge is 2.28. The second-order valence-corrected chi connectivity index (χ2v) is 3.99. The zero-order valence-electron chi connectivity index (χ0n) is 6.27. The Morgan fingerprint density at radius 1 is 1.20 bits per heavy atom. The first-order valence-electron chi connectivity index (χ1n) is 4.07. The molecule has 0 amide bonds. The Bertz CT molecular complexity index is 91.9. The van der Waals surface area contributed by atoms with Gasteiger partial charge in [0.25, 0.3) is 0 Å². The first kappa shape index (κ1) is 8.35. The van der Waals surface area contributed by atoms with Gasteiger partial charge in [0.2, 0.25) is 0 Å². The number of alkyl halides is 1. The molecule has 0 aromatic heterocycles. The normalized spacial score (nSPS) is 24.6. The van der Waals surface area contributed by atoms with Crippen LogP contribution >= 0.6 is 11.6 Å². The van der Waals surface area contributed by atoms with Crippen LogP contribution in [0.3, 0.4) is 0 Å². The van der Waals surface area contributed by atoms with E-state index in [4.69, 9.17) is 16.7 Å². The average molecular weight is 163 g/mol. The van der Waals surface area contributed by atoms with Crippen LogP contribution in [0.25, 0.3) is 0 Å². The van der Waals surface area contributed by atoms with Gasteiger partial charge in [0, 0.05) is 11.5 Å². The van der Waals surface area contributed by atoms with Crippen molar-refractivity contribution in [3.63, 3.8) is 0 Å². The molecule has 1 aliphatic rings. The largest absolute Gasteiger partial charge is 0.396 e. The van der Waals surface area contributed by atoms with Crippen molar-refractivity contribution in [2.75, 3.05) is 6.61 Å². The smallest absolute Gasteiger partial charge is 0.0468 e. The third-order valence-electron chi connectivity index (χ3n) is 2.31. The van der Waals surface area contributed by atoms with Crippen LogP contribution in [0, 0.1) is 0 Å². The molecule has 0 heterocycles. The van der Waals surface area contributed by atoms with E-state index in [0.29, 0.717) is 0 Å². The first-order valence-corrected chi connectivity index (χ1v) is 4.44. The monoisotopic (exact) mass is 162 g/mol. The third-order valence-corrected chi connectivity index (χ3v) is 2.88. The van der Waals surface area contributed by atoms with Gasteiger partial charge in [0.15, 0.2) is 0 Å². The molecule has 0 atom stereocenters. The Morgan fingerprint density at radius 3 is 2.30 bits per heavy atom. The maximum Gasteiger partial charge on any atom is 0.0468 e. The van der Waals surface area contributed by atoms with Gasteiger partial charge < -0.3 is 5.11 Å². The van der Waals surface area contributed by atoms with Gasteiger partial charge in [-0.05, 0) is 19.3 Å². The lowest BCUT2D eigenvalue weighted by atomic mass is 9.86. The standard InChI is InChI=1S/C8H15ClO/c9-8(6-7-10)4-2-1-3-5-8/h10H,1-7H2. The highest BCUT2D eigenvalue weighted by atomic mass is 35.5. The Kier molecular flexibility index (Phi) is 2.99. The predicted molar refractivity (Wildman–Crippen MR) is 43.4 cm³/mol. The zero-order valence-corrected chi connectivity index (χ0v) is 7.03. The van der Waals surface area contributed by atoms with Gasteiger partial charge in [-0.15, -0.1) is 11.6 Å². The van der Waals surface area contributed by atoms with Gasteiger partial charge in [0.05, 0.1) is 0 Å². The van der Waals surface area contributed by atoms with Crippen molar-refractivity contribution in [1.29, 1.82) is 0 Å². The minimum Gasteiger partial charge on any atom is -0.396 e. The maximum absolute atomic E-state index is 8.70. The Hall–Kier alpha value is 0.250. The lowest BCUT2D eigenvalue weighted by Crippen LogP contribution is -2.25. The molecular formula is C8H15ClO. The minimum absolute atomic E-state index is 0.0486. The quantitative estimate of drug-likeness (QED) is 0.618. The van der Waals surface area contributed by atoms with Crippen LogP contribution in [0.2, 0.25) is 0 Å². The lowest BCUT2D eigenvalue weighted by molar-refractivity contribution is 0.243. The van der Waals surface area contributed by atoms with Crippen molar-refractivity contribution in [2.45, 2.75) is 43.4 Å². The van der Waals surface area contributed by atoms with Crippen LogP contribution in [-0.2, 0) is 0 Å². The summed E-state index contributed by atoms with van der Waals surface area (Å²) in [4.78, 5) is -0.0486. The van der Waals surface area contributed by atoms with Crippen LogP contribution in [0.5, 0.6) is 0 Å². The topological polar surface area (TPSA) is 20.2 Å². The molecule has 1 rings (SSSR count). The van der Waals surface area contributed by atoms with Gasteiger partial charge in [-0.3, -0.25) is 0 Å². The molecule has 1 N–H and O–H groups in total. The van der Waals surface area contributed by atoms with Crippen molar-refractivity contribution >= 4 is 11.6 Å². The van der Waals surface area contributed by atoms with E-state index in [1.54, 1.807) is 0 Å². The molecule has 60 valence electrons. The van der Waals surface area contributed by atoms with Gasteiger partial charge in [-0.2, -0.15) is 0 Å². The maximum atomic E-state index is 8.70. The predicted octanol–water partition coefficient (Wildman–Crippen LogP) is 2.31. The van der Waals surface area contributed by atoms with Crippen molar-refractivity contribution in [3.8, 4) is 0 Å². The highest BCUT2D eigenvalue weighted by molar-refractivity contribution is 6.23. The molecule has 10 heavy (non-hydrogen) atoms. The van der Waals surface area contributed by atoms with Crippen molar-refractivity contribution in [1.82, 2.24) is 0 Å². The summed E-state index contributed by atoms with van der Waals surface area (Å²) in [6, 6.07) is 0. The fourth-order valence-corrected chi connectivity index (χ4v) is 1.99. The van der Waals surface area contributed by atoms with E-state index in [2.05, 4.69) is 0 Å². The molecule has 0 saturated heterocycles. The van der Waals surface area contributed by atoms with Crippen LogP contribution in [0.4, 0.5) is 0 Å². The first-order chi connectivity index (χ1) is 4.77. The molecule has 2 heteroatoms. The Morgan fingerprint density at radius 2 is 1.80 bits per heavy atom. The van der Waals surface area contributed by atoms with Crippen LogP contribution in [0.1, 0.15) is 38.5 Å². The molecule has 1 saturated carbocycles. The number of rotatable bonds is 2. The number of aliphatic hydroxyl groups is 1. The second kappa shape index (κ2) is 3.59. The van der Waals surface area contributed by atoms with E-state index in [0.717, 1.165) is 19.3 Å². The summed E-state index contributed by atoms with van der Waals surface area (Å²) in [5, 5.41) is 8.70. The van der Waals surface area contributed by atoms with Gasteiger partial charge in [-0.25, -0.2) is 0 Å². The molecule has 0 radical (unpaired) electrons. The number of hydrogen-bond acceptors (Lipinski definition) is 1. The highest BCUT2D eigenvalue weighted by Crippen LogP contribution is 2.36. The van der Waals surface area contributed by atoms with Crippen molar-refractivity contribution in [3.05, 3.63) is 0 Å². The van der Waals surface area contributed by atoms with E-state index in [-0.39, 0.29) is 11.5 Å². The van der Waals surface area contributed by atoms with E-state index in [1.165, 1.54) is 19.3 Å². The molecule has 1 fully saturated rings. The van der Waals surface area contributed by atoms with Crippen molar-refractivity contribution < 1.29 is 5.11 Å². The molecule has 0 aromatic rings. The van der Waals surface area contributed by atoms with Gasteiger partial charge >= 0.3 is 0 Å². The molecule has 0 bridgehead atoms. The number of hydrogen-bond donors (Lipinski definition) is 1. The summed E-state index contributed by atoms with van der Waals surface area (Å²) in [7, 11) is 0. The van der Waals surface area contributed by atoms with Crippen LogP contribution < -0.4 is 0 Å². The van der Waals surface area contributed by atoms with E-state index in [1.807, 2.05) is 0 Å². The van der Waals surface area contributed by atoms with E-state index in [9.17, 15) is 0 Å². The summed E-state index contributed by atoms with van der Waals surface area (Å²) in [5.74, 6) is 0. The second-order valence-electron chi connectivity index (χ2n) is 3.19. The molecule has 0 unspecified atom stereocenters. The van der Waals surface area contributed by atoms with Crippen molar-refractivity contribution in [2.24, 2.45) is 0 Å². The Labute approximate surface area is 67.4 Å². The molecular weight excluding hydrogens is 148 g/mol. The van der Waals surface area contributed by atoms with E-state index < -0.39 is 0 Å². The summed E-state index contributed by atoms with van der Waals surface area (Å²) in [6.07, 6.45) is 6.76. The number of halogens is 1. The molecule has 0 aromatic carbocycles. The molecule has 0 aliphatic heterocycles. The van der Waals surface area contributed by atoms with Gasteiger partial charge in [-0.1, -0.05) is 19.3 Å². The fourth-order valence-electron chi connectivity index (χ4n) is 1.64. The summed E-state index contributed by atoms with van der Waals surface area (Å²) >= 11 is 6.22. The molecule has 1 nitrogen and oxygen atoms in total. The summed E-state index contributed by atoms with van der Waals surface area (Å²) in [5.41, 5.74) is 0. The number of aliphatic hydroxyl groups excluding tert-OH is 1. The zero-order chi connectivity index (χ0) is 7.45. The fraction of sp³-hybridized carbons (Fsp3) is 1.00. The van der Waals surface area contributed by atoms with Crippen LogP contribution in [0.15, 0.2) is 0 Å². The van der Waals surface area contributed by atoms with Crippen LogP contribution in [-0.4, -0.2) is 16.6 Å². The third kappa shape index (κ3) is 2.14. The summed E-state index contributed by atoms with van der Waals surface area (Å²) < 4.78 is 0. The lowest BCUT2D eigenvalue weighted by Gasteiger charge is -2.30. The average Bonchev–Trinajstić information content (AvgIpc) is 1.89. The van der Waals surface area contributed by atoms with E-state index >= 15 is 0 Å².